The van der Waals surface area contributed by atoms with Crippen LogP contribution in [-0.2, 0) is 13.2 Å². The molecule has 1 saturated carbocycles. The molecule has 1 fully saturated rings. The Balaban J connectivity index is 1.96. The van der Waals surface area contributed by atoms with E-state index in [9.17, 15) is 15.3 Å². The highest BCUT2D eigenvalue weighted by Gasteiger charge is 2.29. The minimum absolute atomic E-state index is 0.120. The van der Waals surface area contributed by atoms with E-state index in [0.29, 0.717) is 35.8 Å². The minimum Gasteiger partial charge on any atom is -0.506 e. The third kappa shape index (κ3) is 2.98. The molecule has 100 valence electrons. The summed E-state index contributed by atoms with van der Waals surface area (Å²) >= 11 is 0. The summed E-state index contributed by atoms with van der Waals surface area (Å²) in [4.78, 5) is 4.00. The summed E-state index contributed by atoms with van der Waals surface area (Å²) in [5.41, 5.74) is 1.83. The summed E-state index contributed by atoms with van der Waals surface area (Å²) in [5.74, 6) is 0.553. The van der Waals surface area contributed by atoms with E-state index in [1.807, 2.05) is 0 Å². The average Bonchev–Trinajstić information content (AvgIpc) is 3.18. The van der Waals surface area contributed by atoms with Crippen LogP contribution < -0.4 is 5.32 Å². The lowest BCUT2D eigenvalue weighted by Gasteiger charge is -2.14. The zero-order valence-electron chi connectivity index (χ0n) is 10.6. The molecule has 0 amide bonds. The molecule has 1 aliphatic rings. The lowest BCUT2D eigenvalue weighted by atomic mass is 10.1. The van der Waals surface area contributed by atoms with Crippen LogP contribution in [0.25, 0.3) is 0 Å². The van der Waals surface area contributed by atoms with Crippen LogP contribution in [-0.4, -0.2) is 33.0 Å². The number of aliphatic hydroxyl groups excluding tert-OH is 2. The van der Waals surface area contributed by atoms with E-state index in [4.69, 9.17) is 0 Å². The highest BCUT2D eigenvalue weighted by atomic mass is 16.3. The summed E-state index contributed by atoms with van der Waals surface area (Å²) < 4.78 is 0. The zero-order valence-corrected chi connectivity index (χ0v) is 10.6. The molecule has 1 atom stereocenters. The van der Waals surface area contributed by atoms with E-state index >= 15 is 0 Å². The van der Waals surface area contributed by atoms with Crippen LogP contribution in [0, 0.1) is 12.8 Å². The molecule has 5 nitrogen and oxygen atoms in total. The van der Waals surface area contributed by atoms with Gasteiger partial charge in [-0.3, -0.25) is 4.98 Å². The highest BCUT2D eigenvalue weighted by molar-refractivity contribution is 5.40. The molecule has 0 radical (unpaired) electrons. The Kier molecular flexibility index (Phi) is 4.16. The van der Waals surface area contributed by atoms with Gasteiger partial charge in [0.25, 0.3) is 0 Å². The summed E-state index contributed by atoms with van der Waals surface area (Å²) in [5, 5.41) is 32.0. The summed E-state index contributed by atoms with van der Waals surface area (Å²) in [7, 11) is 0. The van der Waals surface area contributed by atoms with E-state index in [-0.39, 0.29) is 18.5 Å². The van der Waals surface area contributed by atoms with Crippen molar-refractivity contribution in [2.75, 3.05) is 6.54 Å². The van der Waals surface area contributed by atoms with Gasteiger partial charge in [0.15, 0.2) is 0 Å². The quantitative estimate of drug-likeness (QED) is 0.590. The normalized spacial score (nSPS) is 16.8. The van der Waals surface area contributed by atoms with Crippen molar-refractivity contribution in [3.8, 4) is 5.75 Å². The summed E-state index contributed by atoms with van der Waals surface area (Å²) in [6.45, 7) is 2.51. The molecule has 0 aromatic carbocycles. The smallest absolute Gasteiger partial charge is 0.141 e. The molecule has 0 aliphatic heterocycles. The van der Waals surface area contributed by atoms with Crippen LogP contribution in [0.5, 0.6) is 5.75 Å². The van der Waals surface area contributed by atoms with E-state index in [1.54, 1.807) is 13.1 Å². The summed E-state index contributed by atoms with van der Waals surface area (Å²) in [6.07, 6.45) is 3.46. The average molecular weight is 252 g/mol. The number of aromatic nitrogens is 1. The van der Waals surface area contributed by atoms with Crippen LogP contribution >= 0.6 is 0 Å². The number of hydrogen-bond acceptors (Lipinski definition) is 5. The van der Waals surface area contributed by atoms with Crippen molar-refractivity contribution in [2.24, 2.45) is 5.92 Å². The van der Waals surface area contributed by atoms with Crippen LogP contribution in [0.4, 0.5) is 0 Å². The molecule has 1 aliphatic carbocycles. The second kappa shape index (κ2) is 5.65. The maximum Gasteiger partial charge on any atom is 0.141 e. The Hall–Kier alpha value is -1.17. The Morgan fingerprint density at radius 3 is 2.83 bits per heavy atom. The molecule has 0 spiro atoms. The van der Waals surface area contributed by atoms with Crippen molar-refractivity contribution in [3.05, 3.63) is 23.0 Å². The second-order valence-corrected chi connectivity index (χ2v) is 4.89. The third-order valence-corrected chi connectivity index (χ3v) is 3.42. The van der Waals surface area contributed by atoms with Crippen molar-refractivity contribution in [2.45, 2.75) is 39.0 Å². The number of pyridine rings is 1. The first kappa shape index (κ1) is 13.3. The minimum atomic E-state index is -0.312. The Morgan fingerprint density at radius 2 is 2.22 bits per heavy atom. The fourth-order valence-corrected chi connectivity index (χ4v) is 2.01. The molecule has 1 heterocycles. The van der Waals surface area contributed by atoms with Crippen LogP contribution in [0.2, 0.25) is 0 Å². The fraction of sp³-hybridized carbons (Fsp3) is 0.615. The molecule has 0 bridgehead atoms. The topological polar surface area (TPSA) is 85.6 Å². The molecule has 0 saturated heterocycles. The molecular formula is C13H20N2O3. The molecule has 1 aromatic heterocycles. The first-order valence-corrected chi connectivity index (χ1v) is 6.29. The number of nitrogens with one attached hydrogen (secondary N) is 1. The van der Waals surface area contributed by atoms with E-state index in [2.05, 4.69) is 10.3 Å². The molecular weight excluding hydrogens is 232 g/mol. The summed E-state index contributed by atoms with van der Waals surface area (Å²) in [6, 6.07) is 0. The molecule has 18 heavy (non-hydrogen) atoms. The van der Waals surface area contributed by atoms with Gasteiger partial charge in [0.2, 0.25) is 0 Å². The number of rotatable bonds is 6. The maximum absolute atomic E-state index is 9.92. The standard InChI is InChI=1S/C13H20N2O3/c1-8-13(18)11(10(7-16)4-15-8)5-14-6-12(17)9-2-3-9/h4,9,12,14,16-18H,2-3,5-7H2,1H3. The molecule has 1 aromatic rings. The van der Waals surface area contributed by atoms with Gasteiger partial charge in [-0.2, -0.15) is 0 Å². The van der Waals surface area contributed by atoms with Gasteiger partial charge in [-0.25, -0.2) is 0 Å². The Morgan fingerprint density at radius 1 is 1.50 bits per heavy atom. The van der Waals surface area contributed by atoms with Gasteiger partial charge in [-0.1, -0.05) is 0 Å². The van der Waals surface area contributed by atoms with Gasteiger partial charge in [-0.15, -0.1) is 0 Å². The number of aliphatic hydroxyl groups is 2. The van der Waals surface area contributed by atoms with Gasteiger partial charge >= 0.3 is 0 Å². The van der Waals surface area contributed by atoms with Crippen molar-refractivity contribution in [1.82, 2.24) is 10.3 Å². The molecule has 4 N–H and O–H groups in total. The predicted octanol–water partition coefficient (Wildman–Crippen LogP) is 0.448. The fourth-order valence-electron chi connectivity index (χ4n) is 2.01. The van der Waals surface area contributed by atoms with Crippen LogP contribution in [0.15, 0.2) is 6.20 Å². The maximum atomic E-state index is 9.92. The van der Waals surface area contributed by atoms with Crippen molar-refractivity contribution >= 4 is 0 Å². The lowest BCUT2D eigenvalue weighted by molar-refractivity contribution is 0.148. The van der Waals surface area contributed by atoms with Gasteiger partial charge in [-0.05, 0) is 25.7 Å². The van der Waals surface area contributed by atoms with Gasteiger partial charge in [0, 0.05) is 30.4 Å². The number of aryl methyl sites for hydroxylation is 1. The second-order valence-electron chi connectivity index (χ2n) is 4.89. The molecule has 5 heteroatoms. The first-order chi connectivity index (χ1) is 8.63. The van der Waals surface area contributed by atoms with E-state index < -0.39 is 0 Å². The van der Waals surface area contributed by atoms with Gasteiger partial charge in [0.1, 0.15) is 5.75 Å². The van der Waals surface area contributed by atoms with Gasteiger partial charge < -0.3 is 20.6 Å². The van der Waals surface area contributed by atoms with Crippen LogP contribution in [0.1, 0.15) is 29.7 Å². The van der Waals surface area contributed by atoms with Crippen molar-refractivity contribution < 1.29 is 15.3 Å². The van der Waals surface area contributed by atoms with E-state index in [1.165, 1.54) is 0 Å². The highest BCUT2D eigenvalue weighted by Crippen LogP contribution is 2.32. The van der Waals surface area contributed by atoms with Gasteiger partial charge in [0.05, 0.1) is 18.4 Å². The molecule has 2 rings (SSSR count). The van der Waals surface area contributed by atoms with Crippen LogP contribution in [0.3, 0.4) is 0 Å². The SMILES string of the molecule is Cc1ncc(CO)c(CNCC(O)C2CC2)c1O. The van der Waals surface area contributed by atoms with Crippen molar-refractivity contribution in [1.29, 1.82) is 0 Å². The lowest BCUT2D eigenvalue weighted by Crippen LogP contribution is -2.28. The monoisotopic (exact) mass is 252 g/mol. The zero-order chi connectivity index (χ0) is 13.1. The Labute approximate surface area is 106 Å². The number of aromatic hydroxyl groups is 1. The third-order valence-electron chi connectivity index (χ3n) is 3.42. The van der Waals surface area contributed by atoms with Crippen molar-refractivity contribution in [3.63, 3.8) is 0 Å². The predicted molar refractivity (Wildman–Crippen MR) is 67.0 cm³/mol. The number of hydrogen-bond donors (Lipinski definition) is 4. The number of nitrogens with zero attached hydrogens (tertiary/aromatic N) is 1. The largest absolute Gasteiger partial charge is 0.506 e. The Bertz CT molecular complexity index is 419. The van der Waals surface area contributed by atoms with E-state index in [0.717, 1.165) is 12.8 Å². The molecule has 1 unspecified atom stereocenters. The first-order valence-electron chi connectivity index (χ1n) is 6.29.